The van der Waals surface area contributed by atoms with Crippen molar-refractivity contribution in [2.75, 3.05) is 12.3 Å². The van der Waals surface area contributed by atoms with Crippen LogP contribution in [0.3, 0.4) is 0 Å². The number of nitrogens with zero attached hydrogens (tertiary/aromatic N) is 6. The number of anilines is 1. The smallest absolute Gasteiger partial charge is 0.490 e. The maximum Gasteiger partial charge on any atom is 0.490 e. The standard InChI is InChI=1S/C22H24ClN7O3.2C2HF3O2/c1-5-33-20-15(13(4)30-22-19(12(3)28-30)21(24)25-10-26-22)6-16(23)11(2)18(20)14-7-27-29(8-14)9-17(31)32;2*3-2(4,5)1(6)7/h6-8,10,13H,5,9H2,1-4H3,(H,31,32)(H2,24,25,26);2*(H,6,7). The zero-order chi connectivity index (χ0) is 36.0. The molecular formula is C26H26ClF6N7O7. The first-order valence-electron chi connectivity index (χ1n) is 12.9. The number of carboxylic acids is 3. The highest BCUT2D eigenvalue weighted by Gasteiger charge is 2.39. The maximum atomic E-state index is 11.1. The molecule has 1 unspecified atom stereocenters. The van der Waals surface area contributed by atoms with Gasteiger partial charge in [-0.1, -0.05) is 11.6 Å². The molecule has 3 heterocycles. The summed E-state index contributed by atoms with van der Waals surface area (Å²) in [6, 6.07) is 1.56. The first kappa shape index (κ1) is 38.0. The molecule has 0 bridgehead atoms. The van der Waals surface area contributed by atoms with Gasteiger partial charge in [0, 0.05) is 27.9 Å². The van der Waals surface area contributed by atoms with Gasteiger partial charge in [0.1, 0.15) is 24.4 Å². The molecule has 14 nitrogen and oxygen atoms in total. The molecule has 0 radical (unpaired) electrons. The minimum Gasteiger partial charge on any atom is -0.493 e. The molecule has 3 aromatic heterocycles. The second kappa shape index (κ2) is 15.0. The fourth-order valence-electron chi connectivity index (χ4n) is 3.99. The number of nitrogens with two attached hydrogens (primary N) is 1. The van der Waals surface area contributed by atoms with Crippen LogP contribution in [0.1, 0.15) is 36.7 Å². The highest BCUT2D eigenvalue weighted by Crippen LogP contribution is 2.43. The molecule has 5 N–H and O–H groups in total. The number of ether oxygens (including phenoxy) is 1. The van der Waals surface area contributed by atoms with Crippen LogP contribution in [0.15, 0.2) is 24.8 Å². The van der Waals surface area contributed by atoms with Crippen LogP contribution in [0.5, 0.6) is 5.75 Å². The first-order valence-corrected chi connectivity index (χ1v) is 13.2. The zero-order valence-corrected chi connectivity index (χ0v) is 25.4. The van der Waals surface area contributed by atoms with Crippen LogP contribution in [-0.4, -0.2) is 81.7 Å². The number of hydrogen-bond acceptors (Lipinski definition) is 9. The maximum absolute atomic E-state index is 11.1. The molecule has 4 aromatic rings. The van der Waals surface area contributed by atoms with Crippen molar-refractivity contribution in [1.82, 2.24) is 29.5 Å². The third-order valence-corrected chi connectivity index (χ3v) is 6.40. The average molecular weight is 698 g/mol. The molecule has 0 amide bonds. The number of carbonyl (C=O) groups is 3. The van der Waals surface area contributed by atoms with Crippen LogP contribution in [0.2, 0.25) is 5.02 Å². The van der Waals surface area contributed by atoms with Crippen molar-refractivity contribution in [2.45, 2.75) is 52.6 Å². The molecule has 256 valence electrons. The number of fused-ring (bicyclic) bond motifs is 1. The Balaban J connectivity index is 0.000000459. The van der Waals surface area contributed by atoms with E-state index in [9.17, 15) is 31.1 Å². The van der Waals surface area contributed by atoms with Gasteiger partial charge in [-0.3, -0.25) is 9.48 Å². The predicted molar refractivity (Wildman–Crippen MR) is 152 cm³/mol. The molecule has 1 atom stereocenters. The topological polar surface area (TPSA) is 209 Å². The van der Waals surface area contributed by atoms with E-state index < -0.39 is 30.3 Å². The van der Waals surface area contributed by atoms with Gasteiger partial charge in [0.2, 0.25) is 0 Å². The number of hydrogen-bond donors (Lipinski definition) is 4. The van der Waals surface area contributed by atoms with Crippen molar-refractivity contribution >= 4 is 46.4 Å². The molecule has 0 aliphatic carbocycles. The Labute approximate surface area is 265 Å². The van der Waals surface area contributed by atoms with Crippen molar-refractivity contribution in [1.29, 1.82) is 0 Å². The van der Waals surface area contributed by atoms with Crippen molar-refractivity contribution < 1.29 is 60.8 Å². The summed E-state index contributed by atoms with van der Waals surface area (Å²) in [5, 5.41) is 33.5. The van der Waals surface area contributed by atoms with Crippen LogP contribution in [-0.2, 0) is 20.9 Å². The molecule has 0 aliphatic heterocycles. The number of nitrogen functional groups attached to an aromatic ring is 1. The van der Waals surface area contributed by atoms with Crippen molar-refractivity contribution in [2.24, 2.45) is 0 Å². The Morgan fingerprint density at radius 3 is 2.09 bits per heavy atom. The van der Waals surface area contributed by atoms with Crippen LogP contribution in [0.4, 0.5) is 32.2 Å². The second-order valence-corrected chi connectivity index (χ2v) is 9.71. The summed E-state index contributed by atoms with van der Waals surface area (Å²) in [4.78, 5) is 37.4. The van der Waals surface area contributed by atoms with Gasteiger partial charge in [-0.05, 0) is 39.3 Å². The Morgan fingerprint density at radius 2 is 1.60 bits per heavy atom. The SMILES string of the molecule is CCOc1c(C(C)n2nc(C)c3c(N)ncnc32)cc(Cl)c(C)c1-c1cnn(CC(=O)O)c1.O=C(O)C(F)(F)F.O=C(O)C(F)(F)F. The van der Waals surface area contributed by atoms with Crippen molar-refractivity contribution in [3.05, 3.63) is 46.6 Å². The predicted octanol–water partition coefficient (Wildman–Crippen LogP) is 4.90. The van der Waals surface area contributed by atoms with E-state index in [4.69, 9.17) is 47.0 Å². The van der Waals surface area contributed by atoms with Gasteiger partial charge in [-0.15, -0.1) is 0 Å². The number of carboxylic acid groups (broad SMARTS) is 3. The fraction of sp³-hybridized carbons (Fsp3) is 0.346. The van der Waals surface area contributed by atoms with Gasteiger partial charge < -0.3 is 25.8 Å². The molecule has 0 aliphatic rings. The highest BCUT2D eigenvalue weighted by atomic mass is 35.5. The number of aryl methyl sites for hydroxylation is 1. The van der Waals surface area contributed by atoms with Gasteiger partial charge >= 0.3 is 30.3 Å². The Bertz CT molecular complexity index is 1750. The van der Waals surface area contributed by atoms with Gasteiger partial charge in [0.15, 0.2) is 5.65 Å². The molecule has 0 saturated carbocycles. The van der Waals surface area contributed by atoms with E-state index in [0.717, 1.165) is 22.4 Å². The van der Waals surface area contributed by atoms with Gasteiger partial charge in [0.05, 0.1) is 29.9 Å². The van der Waals surface area contributed by atoms with Crippen LogP contribution in [0, 0.1) is 13.8 Å². The van der Waals surface area contributed by atoms with Gasteiger partial charge in [-0.2, -0.15) is 36.5 Å². The summed E-state index contributed by atoms with van der Waals surface area (Å²) in [5.74, 6) is -5.49. The van der Waals surface area contributed by atoms with Gasteiger partial charge in [-0.25, -0.2) is 24.2 Å². The fourth-order valence-corrected chi connectivity index (χ4v) is 4.20. The third-order valence-electron chi connectivity index (χ3n) is 6.01. The summed E-state index contributed by atoms with van der Waals surface area (Å²) in [7, 11) is 0. The summed E-state index contributed by atoms with van der Waals surface area (Å²) in [6.45, 7) is 7.81. The number of aromatic nitrogens is 6. The molecule has 1 aromatic carbocycles. The lowest BCUT2D eigenvalue weighted by atomic mass is 9.95. The number of aliphatic carboxylic acids is 3. The normalized spacial score (nSPS) is 12.0. The monoisotopic (exact) mass is 697 g/mol. The van der Waals surface area contributed by atoms with Crippen LogP contribution in [0.25, 0.3) is 22.2 Å². The average Bonchev–Trinajstić information content (AvgIpc) is 3.54. The van der Waals surface area contributed by atoms with E-state index in [2.05, 4.69) is 20.2 Å². The summed E-state index contributed by atoms with van der Waals surface area (Å²) in [6.07, 6.45) is -5.47. The molecule has 0 fully saturated rings. The molecule has 0 saturated heterocycles. The Hall–Kier alpha value is -5.14. The van der Waals surface area contributed by atoms with Crippen LogP contribution >= 0.6 is 11.6 Å². The van der Waals surface area contributed by atoms with Gasteiger partial charge in [0.25, 0.3) is 0 Å². The Morgan fingerprint density at radius 1 is 1.04 bits per heavy atom. The molecular weight excluding hydrogens is 672 g/mol. The summed E-state index contributed by atoms with van der Waals surface area (Å²) < 4.78 is 72.7. The van der Waals surface area contributed by atoms with E-state index in [-0.39, 0.29) is 12.6 Å². The zero-order valence-electron chi connectivity index (χ0n) is 24.7. The largest absolute Gasteiger partial charge is 0.493 e. The first-order chi connectivity index (χ1) is 21.6. The lowest BCUT2D eigenvalue weighted by Crippen LogP contribution is -2.21. The molecule has 0 spiro atoms. The lowest BCUT2D eigenvalue weighted by Gasteiger charge is -2.22. The molecule has 21 heteroatoms. The van der Waals surface area contributed by atoms with Crippen molar-refractivity contribution in [3.63, 3.8) is 0 Å². The second-order valence-electron chi connectivity index (χ2n) is 9.30. The van der Waals surface area contributed by atoms with Crippen LogP contribution < -0.4 is 10.5 Å². The number of rotatable bonds is 7. The lowest BCUT2D eigenvalue weighted by molar-refractivity contribution is -0.193. The van der Waals surface area contributed by atoms with Crippen molar-refractivity contribution in [3.8, 4) is 16.9 Å². The van der Waals surface area contributed by atoms with E-state index in [1.165, 1.54) is 11.0 Å². The summed E-state index contributed by atoms with van der Waals surface area (Å²) in [5.41, 5.74) is 10.5. The molecule has 47 heavy (non-hydrogen) atoms. The number of benzene rings is 1. The molecule has 4 rings (SSSR count). The Kier molecular flexibility index (Phi) is 12.1. The number of halogens is 7. The minimum atomic E-state index is -5.08. The quantitative estimate of drug-likeness (QED) is 0.190. The number of alkyl halides is 6. The van der Waals surface area contributed by atoms with E-state index in [1.807, 2.05) is 33.8 Å². The van der Waals surface area contributed by atoms with E-state index in [1.54, 1.807) is 17.1 Å². The van der Waals surface area contributed by atoms with E-state index in [0.29, 0.717) is 39.8 Å². The van der Waals surface area contributed by atoms with E-state index >= 15 is 0 Å². The minimum absolute atomic E-state index is 0.244. The summed E-state index contributed by atoms with van der Waals surface area (Å²) >= 11 is 6.66. The third kappa shape index (κ3) is 9.44. The highest BCUT2D eigenvalue weighted by molar-refractivity contribution is 6.32.